The highest BCUT2D eigenvalue weighted by Crippen LogP contribution is 2.32. The van der Waals surface area contributed by atoms with Gasteiger partial charge < -0.3 is 14.4 Å². The lowest BCUT2D eigenvalue weighted by Gasteiger charge is -2.21. The lowest BCUT2D eigenvalue weighted by molar-refractivity contribution is -0.132. The van der Waals surface area contributed by atoms with E-state index < -0.39 is 0 Å². The summed E-state index contributed by atoms with van der Waals surface area (Å²) < 4.78 is 12.0. The summed E-state index contributed by atoms with van der Waals surface area (Å²) in [4.78, 5) is 31.8. The van der Waals surface area contributed by atoms with Gasteiger partial charge in [-0.3, -0.25) is 14.2 Å². The van der Waals surface area contributed by atoms with Crippen molar-refractivity contribution in [2.45, 2.75) is 20.0 Å². The molecule has 0 saturated carbocycles. The van der Waals surface area contributed by atoms with Gasteiger partial charge in [0.15, 0.2) is 11.5 Å². The number of ether oxygens (including phenoxy) is 2. The Bertz CT molecular complexity index is 1030. The molecule has 1 amide bonds. The van der Waals surface area contributed by atoms with Crippen LogP contribution in [0.25, 0.3) is 10.2 Å². The first-order chi connectivity index (χ1) is 12.7. The van der Waals surface area contributed by atoms with Gasteiger partial charge in [0.1, 0.15) is 11.4 Å². The van der Waals surface area contributed by atoms with Crippen molar-refractivity contribution in [1.29, 1.82) is 0 Å². The topological polar surface area (TPSA) is 73.7 Å². The van der Waals surface area contributed by atoms with E-state index >= 15 is 0 Å². The van der Waals surface area contributed by atoms with Gasteiger partial charge in [-0.15, -0.1) is 11.3 Å². The smallest absolute Gasteiger partial charge is 0.262 e. The molecule has 0 atom stereocenters. The molecule has 0 spiro atoms. The van der Waals surface area contributed by atoms with Crippen molar-refractivity contribution >= 4 is 27.5 Å². The van der Waals surface area contributed by atoms with Crippen LogP contribution < -0.4 is 15.0 Å². The van der Waals surface area contributed by atoms with E-state index in [2.05, 4.69) is 4.98 Å². The summed E-state index contributed by atoms with van der Waals surface area (Å²) in [6.07, 6.45) is 1.44. The number of hydrogen-bond acceptors (Lipinski definition) is 6. The number of rotatable bonds is 5. The molecule has 3 aromatic rings. The van der Waals surface area contributed by atoms with Crippen LogP contribution in [0.4, 0.5) is 0 Å². The van der Waals surface area contributed by atoms with E-state index in [0.717, 1.165) is 5.56 Å². The number of carbonyl (C=O) groups excluding carboxylic acids is 1. The van der Waals surface area contributed by atoms with Gasteiger partial charge in [0.2, 0.25) is 12.7 Å². The lowest BCUT2D eigenvalue weighted by atomic mass is 10.2. The van der Waals surface area contributed by atoms with E-state index in [0.29, 0.717) is 34.8 Å². The largest absolute Gasteiger partial charge is 0.454 e. The summed E-state index contributed by atoms with van der Waals surface area (Å²) >= 11 is 1.41. The maximum Gasteiger partial charge on any atom is 0.262 e. The predicted molar refractivity (Wildman–Crippen MR) is 97.5 cm³/mol. The maximum atomic E-state index is 12.7. The highest BCUT2D eigenvalue weighted by atomic mass is 32.1. The molecule has 0 radical (unpaired) electrons. The lowest BCUT2D eigenvalue weighted by Crippen LogP contribution is -2.36. The molecule has 1 aliphatic heterocycles. The maximum absolute atomic E-state index is 12.7. The van der Waals surface area contributed by atoms with Crippen molar-refractivity contribution in [3.63, 3.8) is 0 Å². The van der Waals surface area contributed by atoms with Crippen LogP contribution >= 0.6 is 11.3 Å². The summed E-state index contributed by atoms with van der Waals surface area (Å²) in [5, 5.41) is 2.37. The van der Waals surface area contributed by atoms with E-state index in [1.165, 1.54) is 22.2 Å². The Labute approximate surface area is 153 Å². The summed E-state index contributed by atoms with van der Waals surface area (Å²) in [5.74, 6) is 1.27. The van der Waals surface area contributed by atoms with Crippen LogP contribution in [0, 0.1) is 0 Å². The fraction of sp³-hybridized carbons (Fsp3) is 0.278. The molecule has 7 nitrogen and oxygen atoms in total. The molecule has 0 aliphatic carbocycles. The average Bonchev–Trinajstić information content (AvgIpc) is 3.30. The SMILES string of the molecule is CCN(Cc1ccc2c(c1)OCO2)C(=O)Cn1cnc2sccc2c1=O. The molecule has 8 heteroatoms. The number of carbonyl (C=O) groups is 1. The number of hydrogen-bond donors (Lipinski definition) is 0. The molecule has 0 bridgehead atoms. The van der Waals surface area contributed by atoms with Gasteiger partial charge >= 0.3 is 0 Å². The Morgan fingerprint density at radius 3 is 3.00 bits per heavy atom. The molecule has 0 N–H and O–H groups in total. The van der Waals surface area contributed by atoms with Crippen molar-refractivity contribution in [3.8, 4) is 11.5 Å². The zero-order valence-corrected chi connectivity index (χ0v) is 15.0. The predicted octanol–water partition coefficient (Wildman–Crippen LogP) is 2.24. The van der Waals surface area contributed by atoms with Gasteiger partial charge in [-0.05, 0) is 36.1 Å². The quantitative estimate of drug-likeness (QED) is 0.688. The standard InChI is InChI=1S/C18H17N3O4S/c1-2-20(8-12-3-4-14-15(7-12)25-11-24-14)16(22)9-21-10-19-17-13(18(21)23)5-6-26-17/h3-7,10H,2,8-9,11H2,1H3. The van der Waals surface area contributed by atoms with Crippen LogP contribution in [0.5, 0.6) is 11.5 Å². The van der Waals surface area contributed by atoms with Crippen molar-refractivity contribution < 1.29 is 14.3 Å². The van der Waals surface area contributed by atoms with Crippen LogP contribution in [0.2, 0.25) is 0 Å². The average molecular weight is 371 g/mol. The molecule has 1 aliphatic rings. The molecule has 4 rings (SSSR count). The molecule has 26 heavy (non-hydrogen) atoms. The van der Waals surface area contributed by atoms with Gasteiger partial charge in [0.05, 0.1) is 11.7 Å². The van der Waals surface area contributed by atoms with E-state index in [-0.39, 0.29) is 24.8 Å². The molecule has 0 unspecified atom stereocenters. The van der Waals surface area contributed by atoms with Crippen LogP contribution in [0.1, 0.15) is 12.5 Å². The molecule has 1 aromatic carbocycles. The van der Waals surface area contributed by atoms with Crippen LogP contribution in [0.3, 0.4) is 0 Å². The van der Waals surface area contributed by atoms with Crippen molar-refractivity contribution in [1.82, 2.24) is 14.5 Å². The van der Waals surface area contributed by atoms with E-state index in [1.807, 2.05) is 30.5 Å². The Hall–Kier alpha value is -2.87. The second-order valence-corrected chi connectivity index (χ2v) is 6.81. The monoisotopic (exact) mass is 371 g/mol. The van der Waals surface area contributed by atoms with Crippen molar-refractivity contribution in [2.75, 3.05) is 13.3 Å². The fourth-order valence-corrected chi connectivity index (χ4v) is 3.61. The Balaban J connectivity index is 1.51. The van der Waals surface area contributed by atoms with Gasteiger partial charge in [-0.1, -0.05) is 6.07 Å². The van der Waals surface area contributed by atoms with Crippen molar-refractivity contribution in [3.05, 3.63) is 51.9 Å². The van der Waals surface area contributed by atoms with Gasteiger partial charge in [-0.2, -0.15) is 0 Å². The fourth-order valence-electron chi connectivity index (χ4n) is 2.89. The van der Waals surface area contributed by atoms with E-state index in [1.54, 1.807) is 11.0 Å². The van der Waals surface area contributed by atoms with E-state index in [4.69, 9.17) is 9.47 Å². The molecule has 0 fully saturated rings. The zero-order chi connectivity index (χ0) is 18.1. The first-order valence-electron chi connectivity index (χ1n) is 8.24. The van der Waals surface area contributed by atoms with E-state index in [9.17, 15) is 9.59 Å². The number of thiophene rings is 1. The Kier molecular flexibility index (Phi) is 4.34. The number of benzene rings is 1. The molecule has 134 valence electrons. The Morgan fingerprint density at radius 1 is 1.31 bits per heavy atom. The molecule has 3 heterocycles. The third-order valence-corrected chi connectivity index (χ3v) is 5.12. The number of likely N-dealkylation sites (N-methyl/N-ethyl adjacent to an activating group) is 1. The minimum Gasteiger partial charge on any atom is -0.454 e. The third-order valence-electron chi connectivity index (χ3n) is 4.30. The van der Waals surface area contributed by atoms with Crippen LogP contribution in [-0.2, 0) is 17.9 Å². The summed E-state index contributed by atoms with van der Waals surface area (Å²) in [6, 6.07) is 7.37. The zero-order valence-electron chi connectivity index (χ0n) is 14.2. The van der Waals surface area contributed by atoms with Gasteiger partial charge in [0, 0.05) is 13.1 Å². The third kappa shape index (κ3) is 3.03. The number of aromatic nitrogens is 2. The first kappa shape index (κ1) is 16.6. The summed E-state index contributed by atoms with van der Waals surface area (Å²) in [5.41, 5.74) is 0.756. The molecule has 2 aromatic heterocycles. The Morgan fingerprint density at radius 2 is 2.15 bits per heavy atom. The minimum absolute atomic E-state index is 0.0317. The molecule has 0 saturated heterocycles. The number of amides is 1. The number of fused-ring (bicyclic) bond motifs is 2. The van der Waals surface area contributed by atoms with Crippen LogP contribution in [-0.4, -0.2) is 33.7 Å². The normalized spacial score (nSPS) is 12.5. The van der Waals surface area contributed by atoms with Gasteiger partial charge in [-0.25, -0.2) is 4.98 Å². The minimum atomic E-state index is -0.191. The second kappa shape index (κ2) is 6.80. The molecular weight excluding hydrogens is 354 g/mol. The molecular formula is C18H17N3O4S. The number of nitrogens with zero attached hydrogens (tertiary/aromatic N) is 3. The van der Waals surface area contributed by atoms with Gasteiger partial charge in [0.25, 0.3) is 5.56 Å². The second-order valence-electron chi connectivity index (χ2n) is 5.91. The summed E-state index contributed by atoms with van der Waals surface area (Å²) in [7, 11) is 0. The van der Waals surface area contributed by atoms with Crippen molar-refractivity contribution in [2.24, 2.45) is 0 Å². The van der Waals surface area contributed by atoms with Crippen LogP contribution in [0.15, 0.2) is 40.8 Å². The highest BCUT2D eigenvalue weighted by molar-refractivity contribution is 7.16. The first-order valence-corrected chi connectivity index (χ1v) is 9.12. The highest BCUT2D eigenvalue weighted by Gasteiger charge is 2.18. The summed E-state index contributed by atoms with van der Waals surface area (Å²) in [6.45, 7) is 3.07.